The van der Waals surface area contributed by atoms with Gasteiger partial charge in [0.1, 0.15) is 11.9 Å². The smallest absolute Gasteiger partial charge is 0.142 e. The van der Waals surface area contributed by atoms with Crippen LogP contribution in [0.25, 0.3) is 0 Å². The zero-order valence-corrected chi connectivity index (χ0v) is 9.03. The molecule has 1 aliphatic heterocycles. The second kappa shape index (κ2) is 4.53. The summed E-state index contributed by atoms with van der Waals surface area (Å²) in [5.41, 5.74) is 7.87. The van der Waals surface area contributed by atoms with Crippen LogP contribution in [0.5, 0.6) is 5.75 Å². The number of ether oxygens (including phenoxy) is 2. The van der Waals surface area contributed by atoms with E-state index in [0.717, 1.165) is 30.9 Å². The van der Waals surface area contributed by atoms with Crippen LogP contribution in [-0.2, 0) is 11.2 Å². The molecular formula is C12H17NO2. The molecule has 1 aromatic carbocycles. The average molecular weight is 207 g/mol. The summed E-state index contributed by atoms with van der Waals surface area (Å²) in [5, 5.41) is 0. The Morgan fingerprint density at radius 3 is 3.00 bits per heavy atom. The monoisotopic (exact) mass is 207 g/mol. The number of aryl methyl sites for hydroxylation is 1. The van der Waals surface area contributed by atoms with Gasteiger partial charge in [0, 0.05) is 6.42 Å². The number of nitrogens with two attached hydrogens (primary N) is 1. The van der Waals surface area contributed by atoms with E-state index in [0.29, 0.717) is 6.61 Å². The van der Waals surface area contributed by atoms with Gasteiger partial charge in [-0.1, -0.05) is 13.0 Å². The van der Waals surface area contributed by atoms with Crippen molar-refractivity contribution in [3.8, 4) is 5.75 Å². The van der Waals surface area contributed by atoms with Crippen molar-refractivity contribution in [1.82, 2.24) is 0 Å². The van der Waals surface area contributed by atoms with Gasteiger partial charge in [0.15, 0.2) is 0 Å². The summed E-state index contributed by atoms with van der Waals surface area (Å²) in [7, 11) is 0. The third-order valence-electron chi connectivity index (χ3n) is 2.66. The van der Waals surface area contributed by atoms with Crippen LogP contribution in [0.15, 0.2) is 18.2 Å². The minimum Gasteiger partial charge on any atom is -0.486 e. The minimum absolute atomic E-state index is 0.166. The lowest BCUT2D eigenvalue weighted by Gasteiger charge is -2.14. The second-order valence-corrected chi connectivity index (χ2v) is 3.83. The molecular weight excluding hydrogens is 190 g/mol. The molecule has 0 radical (unpaired) electrons. The fraction of sp³-hybridized carbons (Fsp3) is 0.500. The van der Waals surface area contributed by atoms with E-state index in [1.807, 2.05) is 12.1 Å². The molecule has 0 aliphatic carbocycles. The molecule has 1 aliphatic rings. The first-order chi connectivity index (χ1) is 7.29. The summed E-state index contributed by atoms with van der Waals surface area (Å²) < 4.78 is 11.0. The summed E-state index contributed by atoms with van der Waals surface area (Å²) in [6.07, 6.45) is 2.12. The maximum Gasteiger partial charge on any atom is 0.142 e. The molecule has 0 spiro atoms. The van der Waals surface area contributed by atoms with Crippen LogP contribution in [0.4, 0.5) is 5.69 Å². The fourth-order valence-electron chi connectivity index (χ4n) is 1.71. The highest BCUT2D eigenvalue weighted by Crippen LogP contribution is 2.25. The molecule has 0 saturated carbocycles. The summed E-state index contributed by atoms with van der Waals surface area (Å²) in [6, 6.07) is 5.99. The van der Waals surface area contributed by atoms with E-state index in [1.54, 1.807) is 0 Å². The van der Waals surface area contributed by atoms with E-state index < -0.39 is 0 Å². The molecule has 0 aromatic heterocycles. The van der Waals surface area contributed by atoms with E-state index in [4.69, 9.17) is 15.2 Å². The Balaban J connectivity index is 2.07. The Labute approximate surface area is 90.2 Å². The Kier molecular flexibility index (Phi) is 3.11. The van der Waals surface area contributed by atoms with Gasteiger partial charge in [-0.25, -0.2) is 0 Å². The van der Waals surface area contributed by atoms with Crippen LogP contribution in [0.2, 0.25) is 0 Å². The van der Waals surface area contributed by atoms with Crippen LogP contribution in [-0.4, -0.2) is 19.3 Å². The standard InChI is InChI=1S/C12H17NO2/c1-2-9-3-4-12(11(13)7-9)15-10-5-6-14-8-10/h3-4,7,10H,2,5-6,8,13H2,1H3. The number of rotatable bonds is 3. The zero-order valence-electron chi connectivity index (χ0n) is 9.03. The first-order valence-electron chi connectivity index (χ1n) is 5.42. The first kappa shape index (κ1) is 10.3. The van der Waals surface area contributed by atoms with Gasteiger partial charge in [-0.2, -0.15) is 0 Å². The zero-order chi connectivity index (χ0) is 10.7. The topological polar surface area (TPSA) is 44.5 Å². The van der Waals surface area contributed by atoms with Crippen LogP contribution >= 0.6 is 0 Å². The van der Waals surface area contributed by atoms with Crippen molar-refractivity contribution >= 4 is 5.69 Å². The maximum absolute atomic E-state index is 5.91. The van der Waals surface area contributed by atoms with Crippen LogP contribution < -0.4 is 10.5 Å². The third kappa shape index (κ3) is 2.42. The van der Waals surface area contributed by atoms with Gasteiger partial charge in [0.05, 0.1) is 18.9 Å². The molecule has 82 valence electrons. The van der Waals surface area contributed by atoms with Gasteiger partial charge >= 0.3 is 0 Å². The Hall–Kier alpha value is -1.22. The summed E-state index contributed by atoms with van der Waals surface area (Å²) >= 11 is 0. The number of hydrogen-bond acceptors (Lipinski definition) is 3. The van der Waals surface area contributed by atoms with Crippen molar-refractivity contribution in [2.24, 2.45) is 0 Å². The Morgan fingerprint density at radius 1 is 1.53 bits per heavy atom. The molecule has 2 rings (SSSR count). The Morgan fingerprint density at radius 2 is 2.40 bits per heavy atom. The maximum atomic E-state index is 5.91. The van der Waals surface area contributed by atoms with E-state index in [9.17, 15) is 0 Å². The molecule has 3 nitrogen and oxygen atoms in total. The number of nitrogen functional groups attached to an aromatic ring is 1. The van der Waals surface area contributed by atoms with E-state index in [2.05, 4.69) is 13.0 Å². The lowest BCUT2D eigenvalue weighted by molar-refractivity contribution is 0.142. The highest BCUT2D eigenvalue weighted by molar-refractivity contribution is 5.54. The Bertz CT molecular complexity index is 332. The largest absolute Gasteiger partial charge is 0.486 e. The molecule has 0 bridgehead atoms. The number of anilines is 1. The lowest BCUT2D eigenvalue weighted by Crippen LogP contribution is -2.16. The van der Waals surface area contributed by atoms with Gasteiger partial charge in [-0.05, 0) is 24.1 Å². The molecule has 15 heavy (non-hydrogen) atoms. The van der Waals surface area contributed by atoms with Gasteiger partial charge < -0.3 is 15.2 Å². The minimum atomic E-state index is 0.166. The van der Waals surface area contributed by atoms with Crippen LogP contribution in [0.3, 0.4) is 0 Å². The van der Waals surface area contributed by atoms with Crippen molar-refractivity contribution < 1.29 is 9.47 Å². The summed E-state index contributed by atoms with van der Waals surface area (Å²) in [4.78, 5) is 0. The van der Waals surface area contributed by atoms with Gasteiger partial charge in [0.25, 0.3) is 0 Å². The average Bonchev–Trinajstić information content (AvgIpc) is 2.74. The molecule has 0 amide bonds. The molecule has 1 aromatic rings. The molecule has 3 heteroatoms. The van der Waals surface area contributed by atoms with Crippen molar-refractivity contribution in [2.45, 2.75) is 25.9 Å². The van der Waals surface area contributed by atoms with E-state index in [-0.39, 0.29) is 6.10 Å². The third-order valence-corrected chi connectivity index (χ3v) is 2.66. The summed E-state index contributed by atoms with van der Waals surface area (Å²) in [6.45, 7) is 3.58. The van der Waals surface area contributed by atoms with E-state index >= 15 is 0 Å². The van der Waals surface area contributed by atoms with Crippen molar-refractivity contribution in [3.05, 3.63) is 23.8 Å². The molecule has 1 fully saturated rings. The van der Waals surface area contributed by atoms with Gasteiger partial charge in [0.2, 0.25) is 0 Å². The molecule has 1 saturated heterocycles. The predicted octanol–water partition coefficient (Wildman–Crippen LogP) is 2.00. The second-order valence-electron chi connectivity index (χ2n) is 3.83. The van der Waals surface area contributed by atoms with Gasteiger partial charge in [-0.3, -0.25) is 0 Å². The highest BCUT2D eigenvalue weighted by Gasteiger charge is 2.17. The molecule has 1 heterocycles. The van der Waals surface area contributed by atoms with Gasteiger partial charge in [-0.15, -0.1) is 0 Å². The SMILES string of the molecule is CCc1ccc(OC2CCOC2)c(N)c1. The predicted molar refractivity (Wildman–Crippen MR) is 60.1 cm³/mol. The summed E-state index contributed by atoms with van der Waals surface area (Å²) in [5.74, 6) is 0.780. The quantitative estimate of drug-likeness (QED) is 0.771. The van der Waals surface area contributed by atoms with Crippen LogP contribution in [0.1, 0.15) is 18.9 Å². The molecule has 2 N–H and O–H groups in total. The van der Waals surface area contributed by atoms with Crippen LogP contribution in [0, 0.1) is 0 Å². The van der Waals surface area contributed by atoms with Crippen molar-refractivity contribution in [3.63, 3.8) is 0 Å². The highest BCUT2D eigenvalue weighted by atomic mass is 16.5. The van der Waals surface area contributed by atoms with Crippen molar-refractivity contribution in [2.75, 3.05) is 18.9 Å². The number of benzene rings is 1. The molecule has 1 atom stereocenters. The molecule has 1 unspecified atom stereocenters. The normalized spacial score (nSPS) is 20.5. The van der Waals surface area contributed by atoms with E-state index in [1.165, 1.54) is 5.56 Å². The lowest BCUT2D eigenvalue weighted by atomic mass is 10.1. The first-order valence-corrected chi connectivity index (χ1v) is 5.42. The van der Waals surface area contributed by atoms with Crippen molar-refractivity contribution in [1.29, 1.82) is 0 Å². The fourth-order valence-corrected chi connectivity index (χ4v) is 1.71. The number of hydrogen-bond donors (Lipinski definition) is 1.